The lowest BCUT2D eigenvalue weighted by molar-refractivity contribution is 0.282. The van der Waals surface area contributed by atoms with Crippen LogP contribution in [0.2, 0.25) is 10.0 Å². The van der Waals surface area contributed by atoms with Gasteiger partial charge < -0.3 is 14.9 Å². The van der Waals surface area contributed by atoms with Gasteiger partial charge in [-0.25, -0.2) is 9.77 Å². The largest absolute Gasteiger partial charge is 0.493 e. The highest BCUT2D eigenvalue weighted by atomic mass is 79.9. The highest BCUT2D eigenvalue weighted by Crippen LogP contribution is 2.38. The van der Waals surface area contributed by atoms with Gasteiger partial charge in [-0.3, -0.25) is 0 Å². The smallest absolute Gasteiger partial charge is 0.214 e. The number of rotatable bonds is 8. The van der Waals surface area contributed by atoms with Gasteiger partial charge >= 0.3 is 0 Å². The van der Waals surface area contributed by atoms with Crippen molar-refractivity contribution in [3.63, 3.8) is 0 Å². The maximum absolute atomic E-state index is 6.26. The molecule has 2 N–H and O–H groups in total. The number of aromatic amines is 1. The third-order valence-electron chi connectivity index (χ3n) is 4.86. The minimum Gasteiger partial charge on any atom is -0.493 e. The fourth-order valence-corrected chi connectivity index (χ4v) is 4.53. The van der Waals surface area contributed by atoms with Gasteiger partial charge in [0.25, 0.3) is 0 Å². The Morgan fingerprint density at radius 3 is 2.52 bits per heavy atom. The summed E-state index contributed by atoms with van der Waals surface area (Å²) in [5, 5.41) is 8.26. The van der Waals surface area contributed by atoms with Gasteiger partial charge in [0.05, 0.1) is 18.1 Å². The first-order valence-electron chi connectivity index (χ1n) is 9.86. The first-order chi connectivity index (χ1) is 16.0. The number of methoxy groups -OCH3 is 1. The lowest BCUT2D eigenvalue weighted by Crippen LogP contribution is -2.16. The molecule has 0 unspecified atom stereocenters. The molecular formula is C23H19BrCl2N4O2S. The van der Waals surface area contributed by atoms with Crippen molar-refractivity contribution in [2.45, 2.75) is 13.2 Å². The molecule has 4 aromatic rings. The van der Waals surface area contributed by atoms with E-state index in [0.717, 1.165) is 15.6 Å². The number of nitrogens with one attached hydrogen (secondary N) is 2. The Kier molecular flexibility index (Phi) is 7.60. The van der Waals surface area contributed by atoms with E-state index in [1.807, 2.05) is 42.5 Å². The van der Waals surface area contributed by atoms with Crippen LogP contribution in [0.25, 0.3) is 11.4 Å². The van der Waals surface area contributed by atoms with E-state index in [9.17, 15) is 0 Å². The number of hydrogen-bond acceptors (Lipinski definition) is 5. The molecule has 33 heavy (non-hydrogen) atoms. The third-order valence-corrected chi connectivity index (χ3v) is 6.43. The van der Waals surface area contributed by atoms with Crippen molar-refractivity contribution >= 4 is 51.3 Å². The van der Waals surface area contributed by atoms with E-state index in [0.29, 0.717) is 44.2 Å². The maximum atomic E-state index is 6.26. The molecule has 0 amide bonds. The minimum absolute atomic E-state index is 0.204. The second kappa shape index (κ2) is 10.6. The van der Waals surface area contributed by atoms with Crippen molar-refractivity contribution in [1.29, 1.82) is 0 Å². The third kappa shape index (κ3) is 5.35. The molecule has 0 saturated carbocycles. The van der Waals surface area contributed by atoms with E-state index in [2.05, 4.69) is 31.6 Å². The zero-order chi connectivity index (χ0) is 23.4. The van der Waals surface area contributed by atoms with Crippen molar-refractivity contribution in [3.05, 3.63) is 91.1 Å². The van der Waals surface area contributed by atoms with Crippen LogP contribution < -0.4 is 14.9 Å². The van der Waals surface area contributed by atoms with Crippen LogP contribution in [-0.4, -0.2) is 22.0 Å². The molecule has 0 radical (unpaired) electrons. The molecule has 170 valence electrons. The number of benzene rings is 3. The summed E-state index contributed by atoms with van der Waals surface area (Å²) in [6, 6.07) is 19.0. The zero-order valence-corrected chi connectivity index (χ0v) is 21.4. The second-order valence-electron chi connectivity index (χ2n) is 6.99. The highest BCUT2D eigenvalue weighted by molar-refractivity contribution is 9.10. The number of H-pyrrole nitrogens is 1. The molecule has 1 heterocycles. The van der Waals surface area contributed by atoms with Crippen molar-refractivity contribution in [1.82, 2.24) is 14.9 Å². The van der Waals surface area contributed by atoms with E-state index in [1.165, 1.54) is 0 Å². The standard InChI is InChI=1S/C23H19BrCl2N4O2S/c1-31-20-11-14(10-17(24)21(20)32-13-16-18(25)8-5-9-19(16)26)12-27-30-22(28-29-23(30)33)15-6-3-2-4-7-15/h2-11,27H,12-13H2,1H3,(H,29,33). The lowest BCUT2D eigenvalue weighted by atomic mass is 10.2. The predicted molar refractivity (Wildman–Crippen MR) is 137 cm³/mol. The van der Waals surface area contributed by atoms with Gasteiger partial charge in [-0.2, -0.15) is 5.10 Å². The molecule has 0 saturated heterocycles. The number of ether oxygens (including phenoxy) is 2. The summed E-state index contributed by atoms with van der Waals surface area (Å²) in [5.74, 6) is 1.83. The number of hydrogen-bond donors (Lipinski definition) is 2. The molecule has 0 atom stereocenters. The Morgan fingerprint density at radius 2 is 1.82 bits per heavy atom. The summed E-state index contributed by atoms with van der Waals surface area (Å²) in [4.78, 5) is 0. The Morgan fingerprint density at radius 1 is 1.09 bits per heavy atom. The first-order valence-corrected chi connectivity index (χ1v) is 11.8. The van der Waals surface area contributed by atoms with E-state index >= 15 is 0 Å². The molecule has 0 aliphatic heterocycles. The molecule has 0 bridgehead atoms. The Labute approximate surface area is 214 Å². The molecule has 4 rings (SSSR count). The van der Waals surface area contributed by atoms with Gasteiger partial charge in [-0.15, -0.1) is 0 Å². The van der Waals surface area contributed by atoms with Gasteiger partial charge in [0.1, 0.15) is 6.61 Å². The van der Waals surface area contributed by atoms with Crippen molar-refractivity contribution < 1.29 is 9.47 Å². The normalized spacial score (nSPS) is 10.8. The summed E-state index contributed by atoms with van der Waals surface area (Å²) >= 11 is 21.5. The summed E-state index contributed by atoms with van der Waals surface area (Å²) in [6.07, 6.45) is 0. The van der Waals surface area contributed by atoms with Crippen LogP contribution in [0.15, 0.2) is 65.1 Å². The van der Waals surface area contributed by atoms with Gasteiger partial charge in [-0.05, 0) is 58.0 Å². The van der Waals surface area contributed by atoms with E-state index < -0.39 is 0 Å². The van der Waals surface area contributed by atoms with Gasteiger partial charge in [0.2, 0.25) is 4.77 Å². The van der Waals surface area contributed by atoms with Crippen molar-refractivity contribution in [2.75, 3.05) is 12.5 Å². The van der Waals surface area contributed by atoms with Crippen LogP contribution in [0.5, 0.6) is 11.5 Å². The Bertz CT molecular complexity index is 1310. The van der Waals surface area contributed by atoms with Gasteiger partial charge in [-0.1, -0.05) is 59.6 Å². The Balaban J connectivity index is 1.53. The average Bonchev–Trinajstić information content (AvgIpc) is 3.18. The van der Waals surface area contributed by atoms with Crippen LogP contribution in [0, 0.1) is 4.77 Å². The number of aromatic nitrogens is 3. The van der Waals surface area contributed by atoms with Crippen molar-refractivity contribution in [3.8, 4) is 22.9 Å². The van der Waals surface area contributed by atoms with Crippen molar-refractivity contribution in [2.24, 2.45) is 0 Å². The van der Waals surface area contributed by atoms with E-state index in [4.69, 9.17) is 44.9 Å². The van der Waals surface area contributed by atoms with Gasteiger partial charge in [0, 0.05) is 21.2 Å². The number of nitrogens with zero attached hydrogens (tertiary/aromatic N) is 2. The number of halogens is 3. The average molecular weight is 566 g/mol. The summed E-state index contributed by atoms with van der Waals surface area (Å²) in [6.45, 7) is 0.676. The molecule has 6 nitrogen and oxygen atoms in total. The first kappa shape index (κ1) is 23.6. The molecule has 0 aliphatic rings. The molecule has 0 fully saturated rings. The quantitative estimate of drug-likeness (QED) is 0.225. The Hall–Kier alpha value is -2.52. The van der Waals surface area contributed by atoms with Crippen LogP contribution in [0.3, 0.4) is 0 Å². The maximum Gasteiger partial charge on any atom is 0.214 e. The van der Waals surface area contributed by atoms with Crippen LogP contribution >= 0.6 is 51.3 Å². The fraction of sp³-hybridized carbons (Fsp3) is 0.130. The fourth-order valence-electron chi connectivity index (χ4n) is 3.22. The summed E-state index contributed by atoms with van der Waals surface area (Å²) in [5.41, 5.74) is 5.92. The molecule has 3 aromatic carbocycles. The molecule has 0 aliphatic carbocycles. The molecular weight excluding hydrogens is 547 g/mol. The van der Waals surface area contributed by atoms with Crippen LogP contribution in [0.1, 0.15) is 11.1 Å². The topological polar surface area (TPSA) is 64.1 Å². The van der Waals surface area contributed by atoms with Crippen LogP contribution in [-0.2, 0) is 13.2 Å². The summed E-state index contributed by atoms with van der Waals surface area (Å²) in [7, 11) is 1.59. The SMILES string of the molecule is COc1cc(CNn2c(-c3ccccc3)n[nH]c2=S)cc(Br)c1OCc1c(Cl)cccc1Cl. The van der Waals surface area contributed by atoms with Crippen LogP contribution in [0.4, 0.5) is 0 Å². The minimum atomic E-state index is 0.204. The van der Waals surface area contributed by atoms with E-state index in [1.54, 1.807) is 30.0 Å². The molecule has 1 aromatic heterocycles. The predicted octanol–water partition coefficient (Wildman–Crippen LogP) is 7.01. The molecule has 10 heteroatoms. The summed E-state index contributed by atoms with van der Waals surface area (Å²) < 4.78 is 14.5. The second-order valence-corrected chi connectivity index (χ2v) is 9.04. The molecule has 0 spiro atoms. The zero-order valence-electron chi connectivity index (χ0n) is 17.4. The lowest BCUT2D eigenvalue weighted by Gasteiger charge is -2.16. The highest BCUT2D eigenvalue weighted by Gasteiger charge is 2.15. The monoisotopic (exact) mass is 564 g/mol. The van der Waals surface area contributed by atoms with E-state index in [-0.39, 0.29) is 6.61 Å². The van der Waals surface area contributed by atoms with Gasteiger partial charge in [0.15, 0.2) is 17.3 Å².